The molecule has 2 radical (unpaired) electrons. The molecular formula is C21H19BClFN4O4. The molecule has 11 heteroatoms. The third kappa shape index (κ3) is 5.64. The number of ether oxygens (including phenoxy) is 1. The summed E-state index contributed by atoms with van der Waals surface area (Å²) in [6.45, 7) is 2.92. The van der Waals surface area contributed by atoms with E-state index < -0.39 is 29.4 Å². The third-order valence-electron chi connectivity index (χ3n) is 4.27. The van der Waals surface area contributed by atoms with E-state index in [-0.39, 0.29) is 30.0 Å². The molecule has 0 atom stereocenters. The maximum Gasteiger partial charge on any atom is 0.355 e. The normalized spacial score (nSPS) is 10.9. The first kappa shape index (κ1) is 23.3. The molecule has 0 aliphatic rings. The number of halogens is 2. The Morgan fingerprint density at radius 2 is 1.88 bits per heavy atom. The van der Waals surface area contributed by atoms with E-state index in [4.69, 9.17) is 24.2 Å². The van der Waals surface area contributed by atoms with Gasteiger partial charge in [-0.05, 0) is 43.7 Å². The Kier molecular flexibility index (Phi) is 7.14. The molecule has 2 aromatic carbocycles. The summed E-state index contributed by atoms with van der Waals surface area (Å²) in [5, 5.41) is 3.30. The lowest BCUT2D eigenvalue weighted by Crippen LogP contribution is -2.44. The molecule has 0 saturated heterocycles. The van der Waals surface area contributed by atoms with Gasteiger partial charge in [-0.25, -0.2) is 18.5 Å². The molecular weight excluding hydrogens is 438 g/mol. The Morgan fingerprint density at radius 1 is 1.19 bits per heavy atom. The summed E-state index contributed by atoms with van der Waals surface area (Å²) < 4.78 is 21.5. The van der Waals surface area contributed by atoms with E-state index in [1.165, 1.54) is 12.1 Å². The summed E-state index contributed by atoms with van der Waals surface area (Å²) in [7, 11) is 5.15. The Labute approximate surface area is 189 Å². The fourth-order valence-electron chi connectivity index (χ4n) is 2.89. The number of nitrogens with one attached hydrogen (secondary N) is 1. The number of carbonyl (C=O) groups is 1. The van der Waals surface area contributed by atoms with Gasteiger partial charge in [0.2, 0.25) is 5.95 Å². The molecule has 3 rings (SSSR count). The Morgan fingerprint density at radius 3 is 2.47 bits per heavy atom. The SMILES string of the molecule is [B]C(=O)Cn1c(=O)nc(Nc2ccc(OC(C)C)c(F)c2)n(Cc2ccc(Cl)cc2)c1=O. The van der Waals surface area contributed by atoms with Gasteiger partial charge in [0.05, 0.1) is 24.9 Å². The molecule has 0 fully saturated rings. The van der Waals surface area contributed by atoms with Gasteiger partial charge in [0.15, 0.2) is 19.4 Å². The van der Waals surface area contributed by atoms with Crippen molar-refractivity contribution in [3.63, 3.8) is 0 Å². The Balaban J connectivity index is 2.04. The standard InChI is InChI=1S/C21H19BClFN4O4/c1-12(2)32-17-8-7-15(9-16(17)24)25-19-26-20(30)28(11-18(22)29)21(31)27(19)10-13-3-5-14(23)6-4-13/h3-9,12H,10-11H2,1-2H3,(H,25,26,30). The van der Waals surface area contributed by atoms with Gasteiger partial charge in [-0.1, -0.05) is 23.7 Å². The monoisotopic (exact) mass is 456 g/mol. The van der Waals surface area contributed by atoms with E-state index in [9.17, 15) is 18.8 Å². The Hall–Kier alpha value is -3.40. The zero-order chi connectivity index (χ0) is 23.4. The van der Waals surface area contributed by atoms with Gasteiger partial charge >= 0.3 is 11.4 Å². The number of nitrogens with zero attached hydrogens (tertiary/aromatic N) is 3. The van der Waals surface area contributed by atoms with E-state index in [0.29, 0.717) is 15.2 Å². The first-order chi connectivity index (χ1) is 15.1. The number of carbonyl (C=O) groups excluding carboxylic acids is 1. The van der Waals surface area contributed by atoms with Crippen LogP contribution in [0.15, 0.2) is 52.1 Å². The van der Waals surface area contributed by atoms with Crippen LogP contribution in [-0.2, 0) is 17.9 Å². The number of rotatable bonds is 8. The van der Waals surface area contributed by atoms with E-state index >= 15 is 0 Å². The molecule has 0 unspecified atom stereocenters. The highest BCUT2D eigenvalue weighted by atomic mass is 35.5. The van der Waals surface area contributed by atoms with Crippen molar-refractivity contribution in [2.45, 2.75) is 33.0 Å². The van der Waals surface area contributed by atoms with E-state index in [2.05, 4.69) is 10.3 Å². The summed E-state index contributed by atoms with van der Waals surface area (Å²) in [6.07, 6.45) is -0.215. The zero-order valence-electron chi connectivity index (χ0n) is 17.3. The highest BCUT2D eigenvalue weighted by molar-refractivity contribution is 6.57. The molecule has 32 heavy (non-hydrogen) atoms. The van der Waals surface area contributed by atoms with Crippen LogP contribution in [-0.4, -0.2) is 33.8 Å². The van der Waals surface area contributed by atoms with E-state index in [1.807, 2.05) is 0 Å². The average molecular weight is 457 g/mol. The lowest BCUT2D eigenvalue weighted by molar-refractivity contribution is -0.112. The number of hydrogen-bond donors (Lipinski definition) is 1. The van der Waals surface area contributed by atoms with Crippen LogP contribution in [0.2, 0.25) is 5.02 Å². The summed E-state index contributed by atoms with van der Waals surface area (Å²) >= 11 is 5.91. The summed E-state index contributed by atoms with van der Waals surface area (Å²) in [5.41, 5.74) is -1.72. The topological polar surface area (TPSA) is 95.2 Å². The fourth-order valence-corrected chi connectivity index (χ4v) is 3.01. The largest absolute Gasteiger partial charge is 0.488 e. The Bertz CT molecular complexity index is 1260. The fraction of sp³-hybridized carbons (Fsp3) is 0.238. The number of anilines is 2. The third-order valence-corrected chi connectivity index (χ3v) is 4.52. The molecule has 1 aromatic heterocycles. The summed E-state index contributed by atoms with van der Waals surface area (Å²) in [5.74, 6) is -0.695. The van der Waals surface area contributed by atoms with Gasteiger partial charge in [-0.2, -0.15) is 4.98 Å². The van der Waals surface area contributed by atoms with Crippen LogP contribution in [0.1, 0.15) is 19.4 Å². The zero-order valence-corrected chi connectivity index (χ0v) is 18.1. The molecule has 0 saturated carbocycles. The van der Waals surface area contributed by atoms with Crippen molar-refractivity contribution in [3.8, 4) is 5.75 Å². The van der Waals surface area contributed by atoms with Crippen molar-refractivity contribution >= 4 is 36.8 Å². The van der Waals surface area contributed by atoms with Crippen molar-refractivity contribution in [1.82, 2.24) is 14.1 Å². The second-order valence-corrected chi connectivity index (χ2v) is 7.64. The molecule has 0 bridgehead atoms. The highest BCUT2D eigenvalue weighted by Gasteiger charge is 2.16. The minimum absolute atomic E-state index is 0.00139. The predicted octanol–water partition coefficient (Wildman–Crippen LogP) is 2.47. The van der Waals surface area contributed by atoms with Crippen molar-refractivity contribution < 1.29 is 13.9 Å². The molecule has 3 aromatic rings. The molecule has 0 aliphatic carbocycles. The van der Waals surface area contributed by atoms with Crippen LogP contribution in [0.4, 0.5) is 16.0 Å². The molecule has 8 nitrogen and oxygen atoms in total. The van der Waals surface area contributed by atoms with Crippen molar-refractivity contribution in [2.24, 2.45) is 0 Å². The predicted molar refractivity (Wildman–Crippen MR) is 120 cm³/mol. The number of aromatic nitrogens is 3. The minimum atomic E-state index is -0.969. The van der Waals surface area contributed by atoms with Gasteiger partial charge in [-0.3, -0.25) is 4.57 Å². The molecule has 0 amide bonds. The second kappa shape index (κ2) is 9.82. The molecule has 1 heterocycles. The summed E-state index contributed by atoms with van der Waals surface area (Å²) in [4.78, 5) is 40.5. The molecule has 1 N–H and O–H groups in total. The van der Waals surface area contributed by atoms with Crippen molar-refractivity contribution in [3.05, 3.63) is 79.8 Å². The highest BCUT2D eigenvalue weighted by Crippen LogP contribution is 2.24. The van der Waals surface area contributed by atoms with Crippen LogP contribution in [0, 0.1) is 5.82 Å². The number of hydrogen-bond acceptors (Lipinski definition) is 6. The van der Waals surface area contributed by atoms with Crippen LogP contribution in [0.3, 0.4) is 0 Å². The van der Waals surface area contributed by atoms with Crippen LogP contribution in [0.5, 0.6) is 5.75 Å². The smallest absolute Gasteiger partial charge is 0.355 e. The summed E-state index contributed by atoms with van der Waals surface area (Å²) in [6, 6.07) is 10.8. The van der Waals surface area contributed by atoms with E-state index in [0.717, 1.165) is 10.6 Å². The van der Waals surface area contributed by atoms with Gasteiger partial charge in [0, 0.05) is 16.8 Å². The minimum Gasteiger partial charge on any atom is -0.488 e. The lowest BCUT2D eigenvalue weighted by Gasteiger charge is -2.16. The van der Waals surface area contributed by atoms with Gasteiger partial charge in [0.25, 0.3) is 0 Å². The first-order valence-corrected chi connectivity index (χ1v) is 9.99. The van der Waals surface area contributed by atoms with Crippen LogP contribution < -0.4 is 21.4 Å². The van der Waals surface area contributed by atoms with Crippen LogP contribution in [0.25, 0.3) is 0 Å². The molecule has 0 aliphatic heterocycles. The average Bonchev–Trinajstić information content (AvgIpc) is 2.71. The quantitative estimate of drug-likeness (QED) is 0.523. The van der Waals surface area contributed by atoms with E-state index in [1.54, 1.807) is 38.1 Å². The molecule has 0 spiro atoms. The molecule has 164 valence electrons. The van der Waals surface area contributed by atoms with Gasteiger partial charge in [-0.15, -0.1) is 0 Å². The number of benzene rings is 2. The second-order valence-electron chi connectivity index (χ2n) is 7.20. The first-order valence-electron chi connectivity index (χ1n) is 9.61. The lowest BCUT2D eigenvalue weighted by atomic mass is 10.0. The maximum atomic E-state index is 14.4. The maximum absolute atomic E-state index is 14.4. The van der Waals surface area contributed by atoms with Crippen molar-refractivity contribution in [1.29, 1.82) is 0 Å². The van der Waals surface area contributed by atoms with Crippen LogP contribution >= 0.6 is 11.6 Å². The van der Waals surface area contributed by atoms with Gasteiger partial charge < -0.3 is 14.8 Å². The van der Waals surface area contributed by atoms with Gasteiger partial charge in [0.1, 0.15) is 0 Å². The van der Waals surface area contributed by atoms with Crippen molar-refractivity contribution in [2.75, 3.05) is 5.32 Å².